The molecule has 2 unspecified atom stereocenters. The lowest BCUT2D eigenvalue weighted by Gasteiger charge is -2.06. The van der Waals surface area contributed by atoms with Crippen LogP contribution in [0.25, 0.3) is 0 Å². The van der Waals surface area contributed by atoms with Crippen LogP contribution in [0.4, 0.5) is 0 Å². The first-order chi connectivity index (χ1) is 7.52. The van der Waals surface area contributed by atoms with Crippen molar-refractivity contribution in [1.82, 2.24) is 5.32 Å². The zero-order valence-corrected chi connectivity index (χ0v) is 10.9. The Balaban J connectivity index is 2.27. The van der Waals surface area contributed by atoms with Crippen molar-refractivity contribution in [1.29, 1.82) is 0 Å². The predicted molar refractivity (Wildman–Crippen MR) is 67.4 cm³/mol. The van der Waals surface area contributed by atoms with Crippen molar-refractivity contribution in [3.05, 3.63) is 28.8 Å². The summed E-state index contributed by atoms with van der Waals surface area (Å²) < 4.78 is 5.16. The van der Waals surface area contributed by atoms with Gasteiger partial charge in [-0.3, -0.25) is 0 Å². The Morgan fingerprint density at radius 1 is 1.38 bits per heavy atom. The van der Waals surface area contributed by atoms with E-state index in [4.69, 9.17) is 16.3 Å². The van der Waals surface area contributed by atoms with E-state index < -0.39 is 0 Å². The minimum Gasteiger partial charge on any atom is -0.495 e. The van der Waals surface area contributed by atoms with Gasteiger partial charge in [-0.05, 0) is 30.2 Å². The van der Waals surface area contributed by atoms with Crippen LogP contribution < -0.4 is 10.1 Å². The van der Waals surface area contributed by atoms with E-state index in [1.807, 2.05) is 19.2 Å². The highest BCUT2D eigenvalue weighted by molar-refractivity contribution is 6.32. The number of ether oxygens (including phenoxy) is 1. The van der Waals surface area contributed by atoms with E-state index in [9.17, 15) is 0 Å². The molecular weight excluding hydrogens is 222 g/mol. The molecule has 16 heavy (non-hydrogen) atoms. The molecular formula is C13H18ClNO. The molecule has 0 aliphatic heterocycles. The molecule has 0 amide bonds. The number of rotatable bonds is 3. The third-order valence-electron chi connectivity index (χ3n) is 3.67. The molecule has 88 valence electrons. The summed E-state index contributed by atoms with van der Waals surface area (Å²) in [5.41, 5.74) is 1.60. The first-order valence-corrected chi connectivity index (χ1v) is 5.91. The molecule has 2 nitrogen and oxygen atoms in total. The second-order valence-corrected chi connectivity index (χ2v) is 5.37. The van der Waals surface area contributed by atoms with Gasteiger partial charge in [0, 0.05) is 12.0 Å². The predicted octanol–water partition coefficient (Wildman–Crippen LogP) is 3.06. The molecule has 1 fully saturated rings. The highest BCUT2D eigenvalue weighted by Crippen LogP contribution is 2.58. The Morgan fingerprint density at radius 3 is 2.50 bits per heavy atom. The smallest absolute Gasteiger partial charge is 0.137 e. The summed E-state index contributed by atoms with van der Waals surface area (Å²) in [7, 11) is 3.65. The van der Waals surface area contributed by atoms with Gasteiger partial charge in [-0.15, -0.1) is 0 Å². The van der Waals surface area contributed by atoms with Gasteiger partial charge >= 0.3 is 0 Å². The fraction of sp³-hybridized carbons (Fsp3) is 0.538. The van der Waals surface area contributed by atoms with E-state index in [1.165, 1.54) is 5.56 Å². The van der Waals surface area contributed by atoms with Crippen molar-refractivity contribution in [2.45, 2.75) is 25.8 Å². The number of benzene rings is 1. The summed E-state index contributed by atoms with van der Waals surface area (Å²) in [5, 5.41) is 4.04. The van der Waals surface area contributed by atoms with Gasteiger partial charge in [0.05, 0.1) is 12.1 Å². The first kappa shape index (κ1) is 11.7. The number of nitrogens with one attached hydrogen (secondary N) is 1. The van der Waals surface area contributed by atoms with Crippen molar-refractivity contribution < 1.29 is 4.74 Å². The third-order valence-corrected chi connectivity index (χ3v) is 3.97. The Hall–Kier alpha value is -0.730. The van der Waals surface area contributed by atoms with Crippen molar-refractivity contribution in [3.63, 3.8) is 0 Å². The van der Waals surface area contributed by atoms with Crippen LogP contribution in [0, 0.1) is 5.41 Å². The molecule has 0 saturated heterocycles. The van der Waals surface area contributed by atoms with Gasteiger partial charge in [0.2, 0.25) is 0 Å². The van der Waals surface area contributed by atoms with Gasteiger partial charge in [-0.25, -0.2) is 0 Å². The summed E-state index contributed by atoms with van der Waals surface area (Å²) in [6, 6.07) is 6.61. The van der Waals surface area contributed by atoms with Crippen molar-refractivity contribution in [3.8, 4) is 5.75 Å². The van der Waals surface area contributed by atoms with Crippen LogP contribution in [-0.4, -0.2) is 20.2 Å². The maximum absolute atomic E-state index is 6.14. The summed E-state index contributed by atoms with van der Waals surface area (Å²) in [6.45, 7) is 4.55. The monoisotopic (exact) mass is 239 g/mol. The van der Waals surface area contributed by atoms with E-state index in [1.54, 1.807) is 7.11 Å². The molecule has 1 aromatic carbocycles. The lowest BCUT2D eigenvalue weighted by molar-refractivity contribution is 0.415. The average Bonchev–Trinajstić information content (AvgIpc) is 2.80. The standard InChI is InChI=1S/C13H18ClNO/c1-13(2)11(12(13)15-3)8-5-6-10(16-4)9(14)7-8/h5-7,11-12,15H,1-4H3. The van der Waals surface area contributed by atoms with E-state index in [2.05, 4.69) is 25.2 Å². The molecule has 1 aliphatic rings. The molecule has 1 aromatic rings. The summed E-state index contributed by atoms with van der Waals surface area (Å²) in [6.07, 6.45) is 0. The SMILES string of the molecule is CNC1C(c2ccc(OC)c(Cl)c2)C1(C)C. The molecule has 2 rings (SSSR count). The second kappa shape index (κ2) is 3.94. The van der Waals surface area contributed by atoms with Crippen LogP contribution in [0.5, 0.6) is 5.75 Å². The summed E-state index contributed by atoms with van der Waals surface area (Å²) in [5.74, 6) is 1.28. The quantitative estimate of drug-likeness (QED) is 0.876. The van der Waals surface area contributed by atoms with Gasteiger partial charge < -0.3 is 10.1 Å². The Morgan fingerprint density at radius 2 is 2.06 bits per heavy atom. The third kappa shape index (κ3) is 1.70. The van der Waals surface area contributed by atoms with Gasteiger partial charge in [0.1, 0.15) is 5.75 Å². The molecule has 0 spiro atoms. The first-order valence-electron chi connectivity index (χ1n) is 5.53. The molecule has 3 heteroatoms. The molecule has 0 bridgehead atoms. The average molecular weight is 240 g/mol. The minimum atomic E-state index is 0.312. The minimum absolute atomic E-state index is 0.312. The van der Waals surface area contributed by atoms with Crippen molar-refractivity contribution >= 4 is 11.6 Å². The van der Waals surface area contributed by atoms with Crippen LogP contribution in [0.2, 0.25) is 5.02 Å². The van der Waals surface area contributed by atoms with Crippen LogP contribution in [0.15, 0.2) is 18.2 Å². The number of hydrogen-bond donors (Lipinski definition) is 1. The Bertz CT molecular complexity index is 403. The zero-order valence-electron chi connectivity index (χ0n) is 10.2. The highest BCUT2D eigenvalue weighted by Gasteiger charge is 2.57. The molecule has 1 saturated carbocycles. The summed E-state index contributed by atoms with van der Waals surface area (Å²) in [4.78, 5) is 0. The van der Waals surface area contributed by atoms with Crippen LogP contribution in [0.3, 0.4) is 0 Å². The number of halogens is 1. The zero-order chi connectivity index (χ0) is 11.9. The van der Waals surface area contributed by atoms with Gasteiger partial charge in [-0.2, -0.15) is 0 Å². The molecule has 1 aliphatic carbocycles. The summed E-state index contributed by atoms with van der Waals surface area (Å²) >= 11 is 6.14. The fourth-order valence-corrected chi connectivity index (χ4v) is 2.94. The van der Waals surface area contributed by atoms with Crippen molar-refractivity contribution in [2.75, 3.05) is 14.2 Å². The molecule has 0 aromatic heterocycles. The Labute approximate surface area is 102 Å². The van der Waals surface area contributed by atoms with Crippen LogP contribution in [0.1, 0.15) is 25.3 Å². The molecule has 0 heterocycles. The van der Waals surface area contributed by atoms with E-state index in [-0.39, 0.29) is 0 Å². The van der Waals surface area contributed by atoms with Gasteiger partial charge in [-0.1, -0.05) is 31.5 Å². The maximum atomic E-state index is 6.14. The topological polar surface area (TPSA) is 21.3 Å². The number of hydrogen-bond acceptors (Lipinski definition) is 2. The highest BCUT2D eigenvalue weighted by atomic mass is 35.5. The largest absolute Gasteiger partial charge is 0.495 e. The van der Waals surface area contributed by atoms with E-state index >= 15 is 0 Å². The van der Waals surface area contributed by atoms with Gasteiger partial charge in [0.15, 0.2) is 0 Å². The second-order valence-electron chi connectivity index (χ2n) is 4.96. The van der Waals surface area contributed by atoms with E-state index in [0.29, 0.717) is 22.4 Å². The van der Waals surface area contributed by atoms with Crippen molar-refractivity contribution in [2.24, 2.45) is 5.41 Å². The number of likely N-dealkylation sites (N-methyl/N-ethyl adjacent to an activating group) is 1. The van der Waals surface area contributed by atoms with E-state index in [0.717, 1.165) is 5.75 Å². The van der Waals surface area contributed by atoms with Gasteiger partial charge in [0.25, 0.3) is 0 Å². The van der Waals surface area contributed by atoms with Crippen LogP contribution >= 0.6 is 11.6 Å². The normalized spacial score (nSPS) is 26.6. The maximum Gasteiger partial charge on any atom is 0.137 e. The fourth-order valence-electron chi connectivity index (χ4n) is 2.67. The number of methoxy groups -OCH3 is 1. The lowest BCUT2D eigenvalue weighted by Crippen LogP contribution is -2.14. The molecule has 2 atom stereocenters. The Kier molecular flexibility index (Phi) is 2.89. The lowest BCUT2D eigenvalue weighted by atomic mass is 10.0. The molecule has 0 radical (unpaired) electrons. The molecule has 1 N–H and O–H groups in total. The van der Waals surface area contributed by atoms with Crippen LogP contribution in [-0.2, 0) is 0 Å².